The summed E-state index contributed by atoms with van der Waals surface area (Å²) < 4.78 is 26.0. The van der Waals surface area contributed by atoms with Gasteiger partial charge in [0, 0.05) is 18.0 Å². The van der Waals surface area contributed by atoms with Gasteiger partial charge in [0.1, 0.15) is 0 Å². The van der Waals surface area contributed by atoms with E-state index in [2.05, 4.69) is 18.8 Å². The molecule has 1 heterocycles. The topological polar surface area (TPSA) is 12.9 Å². The second-order valence-corrected chi connectivity index (χ2v) is 5.80. The Bertz CT molecular complexity index is 398. The van der Waals surface area contributed by atoms with Crippen molar-refractivity contribution in [2.75, 3.05) is 0 Å². The van der Waals surface area contributed by atoms with Crippen molar-refractivity contribution in [3.05, 3.63) is 29.6 Å². The maximum atomic E-state index is 13.0. The summed E-state index contributed by atoms with van der Waals surface area (Å²) in [6, 6.07) is 1.47. The van der Waals surface area contributed by atoms with Crippen LogP contribution in [0.2, 0.25) is 0 Å². The Morgan fingerprint density at radius 2 is 1.81 bits per heavy atom. The molecule has 0 aromatic carbocycles. The minimum atomic E-state index is -2.38. The van der Waals surface area contributed by atoms with Crippen LogP contribution in [0.1, 0.15) is 83.3 Å². The molecule has 1 unspecified atom stereocenters. The van der Waals surface area contributed by atoms with Gasteiger partial charge < -0.3 is 0 Å². The van der Waals surface area contributed by atoms with Gasteiger partial charge in [-0.05, 0) is 55.1 Å². The van der Waals surface area contributed by atoms with Gasteiger partial charge in [0.25, 0.3) is 6.43 Å². The Morgan fingerprint density at radius 3 is 2.33 bits per heavy atom. The van der Waals surface area contributed by atoms with Crippen LogP contribution in [0.3, 0.4) is 0 Å². The summed E-state index contributed by atoms with van der Waals surface area (Å²) in [4.78, 5) is 4.04. The molecule has 3 heteroatoms. The summed E-state index contributed by atoms with van der Waals surface area (Å²) >= 11 is 0. The molecule has 1 aromatic rings. The fourth-order valence-electron chi connectivity index (χ4n) is 3.29. The van der Waals surface area contributed by atoms with E-state index < -0.39 is 6.43 Å². The third-order valence-electron chi connectivity index (χ3n) is 4.78. The number of rotatable bonds is 4. The molecule has 1 fully saturated rings. The zero-order valence-corrected chi connectivity index (χ0v) is 13.8. The van der Waals surface area contributed by atoms with Gasteiger partial charge in [-0.2, -0.15) is 0 Å². The molecule has 1 nitrogen and oxygen atoms in total. The molecule has 21 heavy (non-hydrogen) atoms. The first-order chi connectivity index (χ1) is 10.1. The lowest BCUT2D eigenvalue weighted by Crippen LogP contribution is -2.19. The molecule has 0 saturated heterocycles. The number of aromatic nitrogens is 1. The van der Waals surface area contributed by atoms with E-state index in [4.69, 9.17) is 0 Å². The van der Waals surface area contributed by atoms with Crippen molar-refractivity contribution in [1.29, 1.82) is 0 Å². The molecule has 1 aliphatic rings. The highest BCUT2D eigenvalue weighted by Crippen LogP contribution is 2.41. The van der Waals surface area contributed by atoms with Crippen molar-refractivity contribution in [3.8, 4) is 0 Å². The van der Waals surface area contributed by atoms with E-state index in [9.17, 15) is 8.78 Å². The number of hydrogen-bond acceptors (Lipinski definition) is 1. The lowest BCUT2D eigenvalue weighted by molar-refractivity contribution is 0.148. The van der Waals surface area contributed by atoms with Gasteiger partial charge in [-0.15, -0.1) is 0 Å². The largest absolute Gasteiger partial charge is 0.264 e. The van der Waals surface area contributed by atoms with E-state index in [0.29, 0.717) is 0 Å². The van der Waals surface area contributed by atoms with E-state index in [1.54, 1.807) is 6.20 Å². The first-order valence-corrected chi connectivity index (χ1v) is 8.35. The van der Waals surface area contributed by atoms with Crippen molar-refractivity contribution in [2.45, 2.75) is 72.1 Å². The molecule has 1 aliphatic carbocycles. The SMILES string of the molecule is CC.CCC(C)C1CCC(c2cnccc2C(F)F)CC1. The number of hydrogen-bond donors (Lipinski definition) is 0. The molecule has 0 spiro atoms. The number of halogens is 2. The number of alkyl halides is 2. The minimum absolute atomic E-state index is 0.182. The van der Waals surface area contributed by atoms with Crippen LogP contribution < -0.4 is 0 Å². The Balaban J connectivity index is 0.00000106. The van der Waals surface area contributed by atoms with Crippen molar-refractivity contribution in [2.24, 2.45) is 11.8 Å². The molecule has 0 N–H and O–H groups in total. The third-order valence-corrected chi connectivity index (χ3v) is 4.78. The highest BCUT2D eigenvalue weighted by atomic mass is 19.3. The van der Waals surface area contributed by atoms with Gasteiger partial charge >= 0.3 is 0 Å². The average molecular weight is 297 g/mol. The quantitative estimate of drug-likeness (QED) is 0.629. The zero-order valence-electron chi connectivity index (χ0n) is 13.8. The van der Waals surface area contributed by atoms with Crippen LogP contribution in [0.4, 0.5) is 8.78 Å². The summed E-state index contributed by atoms with van der Waals surface area (Å²) in [6.07, 6.45) is 6.33. The van der Waals surface area contributed by atoms with Crippen LogP contribution in [0, 0.1) is 11.8 Å². The third kappa shape index (κ3) is 4.76. The maximum absolute atomic E-state index is 13.0. The molecule has 1 saturated carbocycles. The van der Waals surface area contributed by atoms with E-state index in [0.717, 1.165) is 43.1 Å². The standard InChI is InChI=1S/C16H23F2N.C2H6/c1-3-11(2)12-4-6-13(7-5-12)15-10-19-9-8-14(15)16(17)18;1-2/h8-13,16H,3-7H2,1-2H3;1-2H3. The van der Waals surface area contributed by atoms with Gasteiger partial charge in [0.2, 0.25) is 0 Å². The predicted octanol–water partition coefficient (Wildman–Crippen LogP) is 6.37. The second-order valence-electron chi connectivity index (χ2n) is 5.80. The Labute approximate surface area is 128 Å². The normalized spacial score (nSPS) is 23.4. The molecule has 0 aliphatic heterocycles. The molecule has 1 aromatic heterocycles. The summed E-state index contributed by atoms with van der Waals surface area (Å²) in [6.45, 7) is 8.53. The van der Waals surface area contributed by atoms with Crippen LogP contribution in [0.5, 0.6) is 0 Å². The minimum Gasteiger partial charge on any atom is -0.264 e. The van der Waals surface area contributed by atoms with E-state index >= 15 is 0 Å². The lowest BCUT2D eigenvalue weighted by Gasteiger charge is -2.32. The summed E-state index contributed by atoms with van der Waals surface area (Å²) in [7, 11) is 0. The molecule has 1 atom stereocenters. The predicted molar refractivity (Wildman–Crippen MR) is 84.7 cm³/mol. The van der Waals surface area contributed by atoms with Crippen LogP contribution in [-0.4, -0.2) is 4.98 Å². The van der Waals surface area contributed by atoms with E-state index in [1.165, 1.54) is 18.7 Å². The summed E-state index contributed by atoms with van der Waals surface area (Å²) in [5.74, 6) is 1.80. The van der Waals surface area contributed by atoms with E-state index in [-0.39, 0.29) is 11.5 Å². The molecule has 0 amide bonds. The number of pyridine rings is 1. The van der Waals surface area contributed by atoms with Crippen molar-refractivity contribution < 1.29 is 8.78 Å². The van der Waals surface area contributed by atoms with Gasteiger partial charge in [-0.3, -0.25) is 4.98 Å². The fourth-order valence-corrected chi connectivity index (χ4v) is 3.29. The molecular formula is C18H29F2N. The highest BCUT2D eigenvalue weighted by molar-refractivity contribution is 5.28. The fraction of sp³-hybridized carbons (Fsp3) is 0.722. The first-order valence-electron chi connectivity index (χ1n) is 8.35. The summed E-state index contributed by atoms with van der Waals surface area (Å²) in [5, 5.41) is 0. The lowest BCUT2D eigenvalue weighted by atomic mass is 9.73. The number of nitrogens with zero attached hydrogens (tertiary/aromatic N) is 1. The molecule has 2 rings (SSSR count). The van der Waals surface area contributed by atoms with Crippen molar-refractivity contribution in [3.63, 3.8) is 0 Å². The van der Waals surface area contributed by atoms with Crippen LogP contribution in [0.25, 0.3) is 0 Å². The second kappa shape index (κ2) is 9.11. The van der Waals surface area contributed by atoms with Crippen LogP contribution in [0.15, 0.2) is 18.5 Å². The Kier molecular flexibility index (Phi) is 7.84. The Morgan fingerprint density at radius 1 is 1.19 bits per heavy atom. The van der Waals surface area contributed by atoms with Gasteiger partial charge in [0.15, 0.2) is 0 Å². The zero-order chi connectivity index (χ0) is 15.8. The first kappa shape index (κ1) is 18.1. The van der Waals surface area contributed by atoms with Gasteiger partial charge in [0.05, 0.1) is 0 Å². The molecule has 0 radical (unpaired) electrons. The molecule has 0 bridgehead atoms. The summed E-state index contributed by atoms with van der Waals surface area (Å²) in [5.41, 5.74) is 0.960. The maximum Gasteiger partial charge on any atom is 0.264 e. The van der Waals surface area contributed by atoms with Gasteiger partial charge in [-0.25, -0.2) is 8.78 Å². The van der Waals surface area contributed by atoms with Crippen molar-refractivity contribution in [1.82, 2.24) is 4.98 Å². The highest BCUT2D eigenvalue weighted by Gasteiger charge is 2.28. The molecular weight excluding hydrogens is 268 g/mol. The van der Waals surface area contributed by atoms with Crippen LogP contribution in [-0.2, 0) is 0 Å². The monoisotopic (exact) mass is 297 g/mol. The molecule has 120 valence electrons. The smallest absolute Gasteiger partial charge is 0.264 e. The van der Waals surface area contributed by atoms with Gasteiger partial charge in [-0.1, -0.05) is 34.1 Å². The van der Waals surface area contributed by atoms with E-state index in [1.807, 2.05) is 13.8 Å². The van der Waals surface area contributed by atoms with Crippen LogP contribution >= 0.6 is 0 Å². The Hall–Kier alpha value is -0.990. The average Bonchev–Trinajstić information content (AvgIpc) is 2.56. The van der Waals surface area contributed by atoms with Crippen molar-refractivity contribution >= 4 is 0 Å².